The first-order valence-electron chi connectivity index (χ1n) is 11.2. The highest BCUT2D eigenvalue weighted by Crippen LogP contribution is 2.20. The van der Waals surface area contributed by atoms with E-state index in [-0.39, 0.29) is 23.8 Å². The lowest BCUT2D eigenvalue weighted by atomic mass is 9.96. The number of anilines is 1. The van der Waals surface area contributed by atoms with Crippen LogP contribution in [0.3, 0.4) is 0 Å². The summed E-state index contributed by atoms with van der Waals surface area (Å²) in [5.74, 6) is 0.122. The van der Waals surface area contributed by atoms with Crippen LogP contribution in [0, 0.1) is 5.92 Å². The lowest BCUT2D eigenvalue weighted by molar-refractivity contribution is -0.117. The molecule has 0 aromatic heterocycles. The van der Waals surface area contributed by atoms with E-state index >= 15 is 0 Å². The molecule has 0 bridgehead atoms. The van der Waals surface area contributed by atoms with Crippen molar-refractivity contribution in [3.8, 4) is 0 Å². The van der Waals surface area contributed by atoms with Gasteiger partial charge in [0, 0.05) is 11.3 Å². The van der Waals surface area contributed by atoms with Crippen molar-refractivity contribution in [2.75, 3.05) is 5.32 Å². The number of rotatable bonds is 8. The third kappa shape index (κ3) is 6.30. The van der Waals surface area contributed by atoms with Gasteiger partial charge in [0.05, 0.1) is 12.0 Å². The highest BCUT2D eigenvalue weighted by molar-refractivity contribution is 5.97. The smallest absolute Gasteiger partial charge is 0.251 e. The van der Waals surface area contributed by atoms with Crippen molar-refractivity contribution in [3.05, 3.63) is 101 Å². The fraction of sp³-hybridized carbons (Fsp3) is 0.286. The zero-order chi connectivity index (χ0) is 23.1. The minimum absolute atomic E-state index is 0.0727. The Morgan fingerprint density at radius 1 is 0.750 bits per heavy atom. The van der Waals surface area contributed by atoms with Crippen LogP contribution in [-0.4, -0.2) is 11.8 Å². The van der Waals surface area contributed by atoms with E-state index in [1.54, 1.807) is 24.3 Å². The number of nitrogens with one attached hydrogen (secondary N) is 2. The summed E-state index contributed by atoms with van der Waals surface area (Å²) in [5.41, 5.74) is 4.55. The average molecular weight is 429 g/mol. The molecule has 0 aliphatic heterocycles. The number of amides is 2. The summed E-state index contributed by atoms with van der Waals surface area (Å²) in [6, 6.07) is 25.0. The van der Waals surface area contributed by atoms with E-state index in [9.17, 15) is 9.59 Å². The predicted molar refractivity (Wildman–Crippen MR) is 131 cm³/mol. The molecule has 0 radical (unpaired) electrons. The molecule has 2 N–H and O–H groups in total. The molecule has 0 saturated carbocycles. The Hall–Kier alpha value is -3.40. The molecule has 2 atom stereocenters. The molecule has 3 aromatic carbocycles. The quantitative estimate of drug-likeness (QED) is 0.454. The molecule has 0 fully saturated rings. The van der Waals surface area contributed by atoms with Crippen LogP contribution >= 0.6 is 0 Å². The summed E-state index contributed by atoms with van der Waals surface area (Å²) in [6.07, 6.45) is 1.03. The maximum atomic E-state index is 12.7. The SMILES string of the molecule is CC(C)Cc1ccc(C(C)C(=O)Nc2ccc(C(=O)NC(C)c3ccccc3)cc2)cc1. The summed E-state index contributed by atoms with van der Waals surface area (Å²) < 4.78 is 0. The third-order valence-electron chi connectivity index (χ3n) is 5.58. The van der Waals surface area contributed by atoms with Crippen LogP contribution in [0.1, 0.15) is 66.7 Å². The predicted octanol–water partition coefficient (Wildman–Crippen LogP) is 6.12. The van der Waals surface area contributed by atoms with Gasteiger partial charge in [-0.05, 0) is 67.1 Å². The van der Waals surface area contributed by atoms with Gasteiger partial charge >= 0.3 is 0 Å². The van der Waals surface area contributed by atoms with Crippen LogP contribution in [0.15, 0.2) is 78.9 Å². The molecular formula is C28H32N2O2. The van der Waals surface area contributed by atoms with Crippen LogP contribution < -0.4 is 10.6 Å². The Balaban J connectivity index is 1.57. The van der Waals surface area contributed by atoms with E-state index in [2.05, 4.69) is 36.6 Å². The number of hydrogen-bond donors (Lipinski definition) is 2. The van der Waals surface area contributed by atoms with Crippen LogP contribution in [0.4, 0.5) is 5.69 Å². The zero-order valence-electron chi connectivity index (χ0n) is 19.3. The molecule has 166 valence electrons. The molecule has 0 heterocycles. The fourth-order valence-corrected chi connectivity index (χ4v) is 3.63. The van der Waals surface area contributed by atoms with E-state index in [4.69, 9.17) is 0 Å². The molecule has 0 spiro atoms. The standard InChI is InChI=1S/C28H32N2O2/c1-19(2)18-22-10-12-23(13-11-22)20(3)27(31)30-26-16-14-25(15-17-26)28(32)29-21(4)24-8-6-5-7-9-24/h5-17,19-21H,18H2,1-4H3,(H,29,32)(H,30,31). The highest BCUT2D eigenvalue weighted by atomic mass is 16.2. The minimum atomic E-state index is -0.266. The first-order chi connectivity index (χ1) is 15.3. The van der Waals surface area contributed by atoms with Gasteiger partial charge in [0.1, 0.15) is 0 Å². The molecule has 3 aromatic rings. The molecule has 2 unspecified atom stereocenters. The Bertz CT molecular complexity index is 1030. The summed E-state index contributed by atoms with van der Waals surface area (Å²) in [7, 11) is 0. The van der Waals surface area contributed by atoms with Crippen molar-refractivity contribution in [2.24, 2.45) is 5.92 Å². The molecule has 3 rings (SSSR count). The third-order valence-corrected chi connectivity index (χ3v) is 5.58. The molecule has 4 nitrogen and oxygen atoms in total. The largest absolute Gasteiger partial charge is 0.346 e. The lowest BCUT2D eigenvalue weighted by Crippen LogP contribution is -2.26. The molecule has 2 amide bonds. The Morgan fingerprint density at radius 2 is 1.38 bits per heavy atom. The summed E-state index contributed by atoms with van der Waals surface area (Å²) >= 11 is 0. The lowest BCUT2D eigenvalue weighted by Gasteiger charge is -2.15. The van der Waals surface area contributed by atoms with Gasteiger partial charge in [0.2, 0.25) is 5.91 Å². The van der Waals surface area contributed by atoms with Gasteiger partial charge < -0.3 is 10.6 Å². The Morgan fingerprint density at radius 3 is 1.97 bits per heavy atom. The van der Waals surface area contributed by atoms with E-state index in [0.29, 0.717) is 17.2 Å². The summed E-state index contributed by atoms with van der Waals surface area (Å²) in [4.78, 5) is 25.3. The van der Waals surface area contributed by atoms with Crippen molar-refractivity contribution in [2.45, 2.75) is 46.1 Å². The monoisotopic (exact) mass is 428 g/mol. The Labute approximate surface area is 191 Å². The highest BCUT2D eigenvalue weighted by Gasteiger charge is 2.16. The second-order valence-electron chi connectivity index (χ2n) is 8.73. The van der Waals surface area contributed by atoms with Crippen molar-refractivity contribution in [3.63, 3.8) is 0 Å². The first kappa shape index (κ1) is 23.3. The van der Waals surface area contributed by atoms with E-state index in [1.165, 1.54) is 5.56 Å². The van der Waals surface area contributed by atoms with E-state index < -0.39 is 0 Å². The molecule has 4 heteroatoms. The van der Waals surface area contributed by atoms with Crippen molar-refractivity contribution >= 4 is 17.5 Å². The minimum Gasteiger partial charge on any atom is -0.346 e. The Kier molecular flexibility index (Phi) is 7.82. The maximum absolute atomic E-state index is 12.7. The first-order valence-corrected chi connectivity index (χ1v) is 11.2. The van der Waals surface area contributed by atoms with E-state index in [0.717, 1.165) is 17.5 Å². The van der Waals surface area contributed by atoms with Crippen molar-refractivity contribution in [1.82, 2.24) is 5.32 Å². The number of carbonyl (C=O) groups is 2. The molecule has 0 aliphatic carbocycles. The molecule has 32 heavy (non-hydrogen) atoms. The van der Waals surface area contributed by atoms with Crippen LogP contribution in [0.2, 0.25) is 0 Å². The van der Waals surface area contributed by atoms with Crippen LogP contribution in [0.5, 0.6) is 0 Å². The molecule has 0 saturated heterocycles. The number of hydrogen-bond acceptors (Lipinski definition) is 2. The van der Waals surface area contributed by atoms with Gasteiger partial charge in [0.15, 0.2) is 0 Å². The van der Waals surface area contributed by atoms with Gasteiger partial charge in [-0.3, -0.25) is 9.59 Å². The average Bonchev–Trinajstić information content (AvgIpc) is 2.79. The summed E-state index contributed by atoms with van der Waals surface area (Å²) in [6.45, 7) is 8.25. The van der Waals surface area contributed by atoms with Gasteiger partial charge in [-0.1, -0.05) is 68.4 Å². The maximum Gasteiger partial charge on any atom is 0.251 e. The van der Waals surface area contributed by atoms with Crippen molar-refractivity contribution in [1.29, 1.82) is 0 Å². The van der Waals surface area contributed by atoms with Gasteiger partial charge in [0.25, 0.3) is 5.91 Å². The zero-order valence-corrected chi connectivity index (χ0v) is 19.3. The van der Waals surface area contributed by atoms with Gasteiger partial charge in [-0.2, -0.15) is 0 Å². The second kappa shape index (κ2) is 10.8. The van der Waals surface area contributed by atoms with Gasteiger partial charge in [-0.25, -0.2) is 0 Å². The normalized spacial score (nSPS) is 12.8. The number of benzene rings is 3. The fourth-order valence-electron chi connectivity index (χ4n) is 3.63. The van der Waals surface area contributed by atoms with Crippen molar-refractivity contribution < 1.29 is 9.59 Å². The second-order valence-corrected chi connectivity index (χ2v) is 8.73. The molecule has 0 aliphatic rings. The number of carbonyl (C=O) groups excluding carboxylic acids is 2. The van der Waals surface area contributed by atoms with Crippen LogP contribution in [0.25, 0.3) is 0 Å². The van der Waals surface area contributed by atoms with E-state index in [1.807, 2.05) is 56.3 Å². The molecular weight excluding hydrogens is 396 g/mol. The summed E-state index contributed by atoms with van der Waals surface area (Å²) in [5, 5.41) is 5.95. The van der Waals surface area contributed by atoms with Crippen LogP contribution in [-0.2, 0) is 11.2 Å². The van der Waals surface area contributed by atoms with Gasteiger partial charge in [-0.15, -0.1) is 0 Å². The topological polar surface area (TPSA) is 58.2 Å².